The van der Waals surface area contributed by atoms with Crippen LogP contribution in [0.4, 0.5) is 0 Å². The Labute approximate surface area is 118 Å². The normalized spacial score (nSPS) is 16.9. The van der Waals surface area contributed by atoms with E-state index in [9.17, 15) is 9.90 Å². The Hall–Kier alpha value is -0.340. The maximum Gasteiger partial charge on any atom is 0.321 e. The van der Waals surface area contributed by atoms with Gasteiger partial charge in [0.25, 0.3) is 0 Å². The minimum atomic E-state index is -1.04. The van der Waals surface area contributed by atoms with Gasteiger partial charge in [-0.25, -0.2) is 0 Å². The molecule has 0 saturated heterocycles. The van der Waals surface area contributed by atoms with Gasteiger partial charge in [0.15, 0.2) is 0 Å². The molecule has 0 aliphatic carbocycles. The lowest BCUT2D eigenvalue weighted by Gasteiger charge is -2.29. The van der Waals surface area contributed by atoms with Gasteiger partial charge in [0.2, 0.25) is 0 Å². The van der Waals surface area contributed by atoms with Crippen molar-refractivity contribution < 1.29 is 24.5 Å². The van der Waals surface area contributed by atoms with Gasteiger partial charge in [0, 0.05) is 17.6 Å². The number of methoxy groups -OCH3 is 1. The monoisotopic (exact) mass is 295 g/mol. The fraction of sp³-hybridized carbons (Fsp3) is 0.917. The summed E-state index contributed by atoms with van der Waals surface area (Å²) in [6.45, 7) is 6.01. The molecule has 114 valence electrons. The van der Waals surface area contributed by atoms with Crippen molar-refractivity contribution in [2.24, 2.45) is 5.73 Å². The van der Waals surface area contributed by atoms with Crippen LogP contribution in [0.25, 0.3) is 0 Å². The highest BCUT2D eigenvalue weighted by Crippen LogP contribution is 2.28. The second kappa shape index (κ2) is 8.76. The van der Waals surface area contributed by atoms with Crippen molar-refractivity contribution in [2.75, 3.05) is 26.1 Å². The molecule has 0 saturated carbocycles. The molecule has 0 rings (SSSR count). The lowest BCUT2D eigenvalue weighted by atomic mass is 10.1. The van der Waals surface area contributed by atoms with Gasteiger partial charge in [0.1, 0.15) is 6.04 Å². The van der Waals surface area contributed by atoms with Crippen molar-refractivity contribution in [3.05, 3.63) is 0 Å². The molecule has 4 N–H and O–H groups in total. The molecule has 0 aliphatic rings. The van der Waals surface area contributed by atoms with Crippen molar-refractivity contribution in [1.82, 2.24) is 0 Å². The topological polar surface area (TPSA) is 102 Å². The van der Waals surface area contributed by atoms with Crippen LogP contribution >= 0.6 is 11.8 Å². The molecule has 0 fully saturated rings. The van der Waals surface area contributed by atoms with E-state index >= 15 is 0 Å². The van der Waals surface area contributed by atoms with Crippen LogP contribution in [0, 0.1) is 0 Å². The van der Waals surface area contributed by atoms with Crippen LogP contribution in [0.5, 0.6) is 0 Å². The van der Waals surface area contributed by atoms with Gasteiger partial charge in [-0.2, -0.15) is 11.8 Å². The SMILES string of the molecule is COCC(C)OCC(O)CSC(C)(C)[C@@H](N)C(=O)O. The van der Waals surface area contributed by atoms with Gasteiger partial charge in [-0.15, -0.1) is 0 Å². The molecule has 0 spiro atoms. The summed E-state index contributed by atoms with van der Waals surface area (Å²) in [5.74, 6) is -0.676. The van der Waals surface area contributed by atoms with E-state index in [1.165, 1.54) is 11.8 Å². The number of rotatable bonds is 10. The molecule has 0 aromatic rings. The number of aliphatic hydroxyl groups excluding tert-OH is 1. The van der Waals surface area contributed by atoms with Crippen LogP contribution < -0.4 is 5.73 Å². The molecule has 6 nitrogen and oxygen atoms in total. The highest BCUT2D eigenvalue weighted by atomic mass is 32.2. The number of hydrogen-bond acceptors (Lipinski definition) is 6. The quantitative estimate of drug-likeness (QED) is 0.533. The minimum absolute atomic E-state index is 0.0843. The van der Waals surface area contributed by atoms with E-state index in [1.807, 2.05) is 6.92 Å². The fourth-order valence-corrected chi connectivity index (χ4v) is 2.30. The summed E-state index contributed by atoms with van der Waals surface area (Å²) in [5.41, 5.74) is 5.59. The van der Waals surface area contributed by atoms with Gasteiger partial charge in [-0.05, 0) is 20.8 Å². The van der Waals surface area contributed by atoms with Crippen LogP contribution in [-0.2, 0) is 14.3 Å². The number of nitrogens with two attached hydrogens (primary N) is 1. The molecule has 0 amide bonds. The number of carboxylic acids is 1. The Bertz CT molecular complexity index is 275. The fourth-order valence-electron chi connectivity index (χ4n) is 1.30. The summed E-state index contributed by atoms with van der Waals surface area (Å²) in [5, 5.41) is 18.7. The zero-order chi connectivity index (χ0) is 15.1. The maximum atomic E-state index is 10.8. The average molecular weight is 295 g/mol. The zero-order valence-corrected chi connectivity index (χ0v) is 12.8. The van der Waals surface area contributed by atoms with Gasteiger partial charge in [-0.1, -0.05) is 0 Å². The third kappa shape index (κ3) is 7.74. The van der Waals surface area contributed by atoms with E-state index in [-0.39, 0.29) is 12.7 Å². The third-order valence-electron chi connectivity index (χ3n) is 2.64. The molecule has 2 unspecified atom stereocenters. The number of aliphatic carboxylic acids is 1. The van der Waals surface area contributed by atoms with Gasteiger partial charge in [-0.3, -0.25) is 4.79 Å². The number of carboxylic acid groups (broad SMARTS) is 1. The Morgan fingerprint density at radius 3 is 2.47 bits per heavy atom. The Morgan fingerprint density at radius 1 is 1.42 bits per heavy atom. The Balaban J connectivity index is 4.01. The van der Waals surface area contributed by atoms with E-state index in [2.05, 4.69) is 0 Å². The first-order chi connectivity index (χ1) is 8.70. The van der Waals surface area contributed by atoms with Gasteiger partial charge >= 0.3 is 5.97 Å². The first-order valence-corrected chi connectivity index (χ1v) is 7.10. The van der Waals surface area contributed by atoms with Crippen LogP contribution in [0.2, 0.25) is 0 Å². The summed E-state index contributed by atoms with van der Waals surface area (Å²) in [6.07, 6.45) is -0.747. The molecule has 7 heteroatoms. The Morgan fingerprint density at radius 2 is 2.00 bits per heavy atom. The largest absolute Gasteiger partial charge is 0.480 e. The van der Waals surface area contributed by atoms with Gasteiger partial charge in [0.05, 0.1) is 25.4 Å². The van der Waals surface area contributed by atoms with Crippen LogP contribution in [-0.4, -0.2) is 65.3 Å². The van der Waals surface area contributed by atoms with Gasteiger partial charge < -0.3 is 25.4 Å². The second-order valence-electron chi connectivity index (χ2n) is 4.98. The van der Waals surface area contributed by atoms with Crippen LogP contribution in [0.3, 0.4) is 0 Å². The van der Waals surface area contributed by atoms with Crippen molar-refractivity contribution in [3.8, 4) is 0 Å². The Kier molecular flexibility index (Phi) is 8.60. The highest BCUT2D eigenvalue weighted by molar-refractivity contribution is 8.00. The lowest BCUT2D eigenvalue weighted by Crippen LogP contribution is -2.47. The number of aliphatic hydroxyl groups is 1. The summed E-state index contributed by atoms with van der Waals surface area (Å²) in [6, 6.07) is -0.974. The highest BCUT2D eigenvalue weighted by Gasteiger charge is 2.33. The van der Waals surface area contributed by atoms with Crippen molar-refractivity contribution in [2.45, 2.75) is 43.8 Å². The third-order valence-corrected chi connectivity index (χ3v) is 4.19. The van der Waals surface area contributed by atoms with Crippen molar-refractivity contribution in [1.29, 1.82) is 0 Å². The first-order valence-electron chi connectivity index (χ1n) is 6.11. The molecule has 19 heavy (non-hydrogen) atoms. The average Bonchev–Trinajstić information content (AvgIpc) is 2.33. The predicted molar refractivity (Wildman–Crippen MR) is 75.4 cm³/mol. The number of carbonyl (C=O) groups is 1. The molecule has 0 aliphatic heterocycles. The maximum absolute atomic E-state index is 10.8. The second-order valence-corrected chi connectivity index (χ2v) is 6.66. The predicted octanol–water partition coefficient (Wildman–Crippen LogP) is 0.323. The summed E-state index contributed by atoms with van der Waals surface area (Å²) in [7, 11) is 1.59. The first kappa shape index (κ1) is 18.7. The standard InChI is InChI=1S/C12H25NO5S/c1-8(5-17-4)18-6-9(14)7-19-12(2,3)10(13)11(15)16/h8-10,14H,5-7,13H2,1-4H3,(H,15,16)/t8?,9?,10-/m0/s1. The molecule has 0 bridgehead atoms. The van der Waals surface area contributed by atoms with E-state index in [4.69, 9.17) is 20.3 Å². The van der Waals surface area contributed by atoms with Crippen LogP contribution in [0.1, 0.15) is 20.8 Å². The van der Waals surface area contributed by atoms with Crippen molar-refractivity contribution >= 4 is 17.7 Å². The molecule has 0 heterocycles. The van der Waals surface area contributed by atoms with E-state index in [1.54, 1.807) is 21.0 Å². The molecule has 0 aromatic heterocycles. The lowest BCUT2D eigenvalue weighted by molar-refractivity contribution is -0.139. The number of hydrogen-bond donors (Lipinski definition) is 3. The number of ether oxygens (including phenoxy) is 2. The smallest absolute Gasteiger partial charge is 0.321 e. The summed E-state index contributed by atoms with van der Waals surface area (Å²) >= 11 is 1.32. The minimum Gasteiger partial charge on any atom is -0.480 e. The molecule has 3 atom stereocenters. The van der Waals surface area contributed by atoms with Crippen molar-refractivity contribution in [3.63, 3.8) is 0 Å². The van der Waals surface area contributed by atoms with E-state index < -0.39 is 22.9 Å². The van der Waals surface area contributed by atoms with E-state index in [0.29, 0.717) is 12.4 Å². The number of thioether (sulfide) groups is 1. The van der Waals surface area contributed by atoms with E-state index in [0.717, 1.165) is 0 Å². The zero-order valence-electron chi connectivity index (χ0n) is 12.0. The molecule has 0 radical (unpaired) electrons. The molecular weight excluding hydrogens is 270 g/mol. The molecular formula is C12H25NO5S. The molecule has 0 aromatic carbocycles. The van der Waals surface area contributed by atoms with Crippen LogP contribution in [0.15, 0.2) is 0 Å². The summed E-state index contributed by atoms with van der Waals surface area (Å²) < 4.78 is 9.65. The summed E-state index contributed by atoms with van der Waals surface area (Å²) in [4.78, 5) is 10.8.